The van der Waals surface area contributed by atoms with Crippen molar-refractivity contribution in [3.8, 4) is 11.1 Å². The maximum absolute atomic E-state index is 15.0. The predicted molar refractivity (Wildman–Crippen MR) is 136 cm³/mol. The van der Waals surface area contributed by atoms with Crippen LogP contribution in [0.3, 0.4) is 0 Å². The van der Waals surface area contributed by atoms with Crippen molar-refractivity contribution < 1.29 is 18.7 Å². The van der Waals surface area contributed by atoms with Crippen LogP contribution >= 0.6 is 7.60 Å². The molecule has 2 N–H and O–H groups in total. The molecule has 0 spiro atoms. The lowest BCUT2D eigenvalue weighted by molar-refractivity contribution is 0.338. The van der Waals surface area contributed by atoms with E-state index in [0.29, 0.717) is 6.42 Å². The Morgan fingerprint density at radius 1 is 0.941 bits per heavy atom. The molecule has 0 aliphatic heterocycles. The van der Waals surface area contributed by atoms with Gasteiger partial charge in [-0.15, -0.1) is 0 Å². The number of benzene rings is 2. The molecule has 1 aromatic heterocycles. The minimum absolute atomic E-state index is 0.0623. The monoisotopic (exact) mass is 483 g/mol. The average Bonchev–Trinajstić information content (AvgIpc) is 2.83. The van der Waals surface area contributed by atoms with Crippen LogP contribution in [0.2, 0.25) is 0 Å². The number of nitrogens with zero attached hydrogens (tertiary/aromatic N) is 1. The van der Waals surface area contributed by atoms with E-state index in [1.807, 2.05) is 30.3 Å². The van der Waals surface area contributed by atoms with Crippen molar-refractivity contribution in [3.63, 3.8) is 0 Å². The van der Waals surface area contributed by atoms with Gasteiger partial charge in [0.25, 0.3) is 0 Å². The second kappa shape index (κ2) is 11.6. The Labute approximate surface area is 201 Å². The normalized spacial score (nSPS) is 15.1. The second-order valence-corrected chi connectivity index (χ2v) is 11.5. The first-order valence-corrected chi connectivity index (χ1v) is 14.4. The Morgan fingerprint density at radius 3 is 2.50 bits per heavy atom. The van der Waals surface area contributed by atoms with Crippen LogP contribution in [-0.4, -0.2) is 20.9 Å². The molecule has 182 valence electrons. The van der Waals surface area contributed by atoms with E-state index in [9.17, 15) is 4.57 Å². The van der Waals surface area contributed by atoms with Crippen molar-refractivity contribution in [1.29, 1.82) is 0 Å². The van der Waals surface area contributed by atoms with Gasteiger partial charge < -0.3 is 9.79 Å². The van der Waals surface area contributed by atoms with Crippen LogP contribution in [0.4, 0.5) is 4.39 Å². The van der Waals surface area contributed by atoms with E-state index < -0.39 is 7.60 Å². The van der Waals surface area contributed by atoms with Crippen LogP contribution in [0, 0.1) is 11.7 Å². The van der Waals surface area contributed by atoms with Gasteiger partial charge in [-0.25, -0.2) is 4.39 Å². The summed E-state index contributed by atoms with van der Waals surface area (Å²) in [6.07, 6.45) is 13.1. The van der Waals surface area contributed by atoms with Gasteiger partial charge in [-0.05, 0) is 72.4 Å². The fraction of sp³-hybridized carbons (Fsp3) is 0.464. The summed E-state index contributed by atoms with van der Waals surface area (Å²) in [5.41, 5.74) is 4.68. The van der Waals surface area contributed by atoms with Crippen molar-refractivity contribution in [2.45, 2.75) is 70.6 Å². The average molecular weight is 484 g/mol. The Balaban J connectivity index is 1.47. The summed E-state index contributed by atoms with van der Waals surface area (Å²) >= 11 is 0. The fourth-order valence-corrected chi connectivity index (χ4v) is 5.88. The van der Waals surface area contributed by atoms with Gasteiger partial charge in [0, 0.05) is 17.7 Å². The number of unbranched alkanes of at least 4 members (excludes halogenated alkanes) is 2. The van der Waals surface area contributed by atoms with E-state index in [-0.39, 0.29) is 12.0 Å². The van der Waals surface area contributed by atoms with E-state index in [0.717, 1.165) is 71.2 Å². The number of hydrogen-bond donors (Lipinski definition) is 2. The highest BCUT2D eigenvalue weighted by Gasteiger charge is 2.16. The molecule has 0 unspecified atom stereocenters. The van der Waals surface area contributed by atoms with Gasteiger partial charge in [0.1, 0.15) is 5.82 Å². The fourth-order valence-electron chi connectivity index (χ4n) is 5.25. The lowest BCUT2D eigenvalue weighted by Gasteiger charge is -2.21. The summed E-state index contributed by atoms with van der Waals surface area (Å²) in [7, 11) is -3.92. The number of pyridine rings is 1. The minimum atomic E-state index is -3.92. The zero-order chi connectivity index (χ0) is 24.0. The first-order valence-electron chi connectivity index (χ1n) is 12.6. The highest BCUT2D eigenvalue weighted by molar-refractivity contribution is 7.51. The van der Waals surface area contributed by atoms with E-state index in [1.54, 1.807) is 12.3 Å². The van der Waals surface area contributed by atoms with Gasteiger partial charge in [0.2, 0.25) is 0 Å². The Hall–Kier alpha value is -2.07. The van der Waals surface area contributed by atoms with Crippen LogP contribution in [-0.2, 0) is 17.4 Å². The molecule has 0 saturated heterocycles. The molecule has 0 atom stereocenters. The van der Waals surface area contributed by atoms with E-state index >= 15 is 4.39 Å². The molecular formula is C28H35FNO3P. The minimum Gasteiger partial charge on any atom is -0.324 e. The molecule has 3 aromatic rings. The first kappa shape index (κ1) is 25.0. The molecule has 0 amide bonds. The lowest BCUT2D eigenvalue weighted by Crippen LogP contribution is -2.07. The molecule has 1 aliphatic carbocycles. The number of fused-ring (bicyclic) bond motifs is 1. The molecule has 1 saturated carbocycles. The smallest absolute Gasteiger partial charge is 0.324 e. The Kier molecular flexibility index (Phi) is 8.52. The van der Waals surface area contributed by atoms with Crippen LogP contribution in [0.15, 0.2) is 48.7 Å². The quantitative estimate of drug-likeness (QED) is 0.232. The van der Waals surface area contributed by atoms with Crippen molar-refractivity contribution in [1.82, 2.24) is 4.98 Å². The third-order valence-corrected chi connectivity index (χ3v) is 8.06. The topological polar surface area (TPSA) is 70.4 Å². The van der Waals surface area contributed by atoms with Gasteiger partial charge in [-0.3, -0.25) is 9.55 Å². The number of rotatable bonds is 10. The maximum Gasteiger partial charge on any atom is 0.325 e. The molecule has 1 fully saturated rings. The van der Waals surface area contributed by atoms with Crippen molar-refractivity contribution in [2.75, 3.05) is 6.16 Å². The SMILES string of the molecule is O=P(O)(O)CCCCCc1ccc(-c2ccc(CCC3CCCCC3)c(F)c2)c2cccnc12. The number of aromatic nitrogens is 1. The Morgan fingerprint density at radius 2 is 1.74 bits per heavy atom. The van der Waals surface area contributed by atoms with Crippen molar-refractivity contribution in [2.24, 2.45) is 5.92 Å². The maximum atomic E-state index is 15.0. The van der Waals surface area contributed by atoms with E-state index in [4.69, 9.17) is 9.79 Å². The molecule has 0 bridgehead atoms. The van der Waals surface area contributed by atoms with Crippen LogP contribution in [0.5, 0.6) is 0 Å². The summed E-state index contributed by atoms with van der Waals surface area (Å²) in [5.74, 6) is 0.617. The Bertz CT molecular complexity index is 1150. The molecule has 2 aromatic carbocycles. The summed E-state index contributed by atoms with van der Waals surface area (Å²) in [6, 6.07) is 13.7. The lowest BCUT2D eigenvalue weighted by atomic mass is 9.85. The van der Waals surface area contributed by atoms with E-state index in [1.165, 1.54) is 32.1 Å². The molecule has 6 heteroatoms. The van der Waals surface area contributed by atoms with Crippen molar-refractivity contribution in [3.05, 3.63) is 65.6 Å². The highest BCUT2D eigenvalue weighted by atomic mass is 31.2. The molecule has 34 heavy (non-hydrogen) atoms. The molecule has 0 radical (unpaired) electrons. The van der Waals surface area contributed by atoms with Gasteiger partial charge >= 0.3 is 7.60 Å². The van der Waals surface area contributed by atoms with Crippen LogP contribution in [0.1, 0.15) is 68.9 Å². The summed E-state index contributed by atoms with van der Waals surface area (Å²) in [4.78, 5) is 22.6. The van der Waals surface area contributed by atoms with E-state index in [2.05, 4.69) is 11.1 Å². The van der Waals surface area contributed by atoms with Gasteiger partial charge in [-0.2, -0.15) is 0 Å². The summed E-state index contributed by atoms with van der Waals surface area (Å²) < 4.78 is 26.0. The summed E-state index contributed by atoms with van der Waals surface area (Å²) in [5, 5.41) is 1.00. The predicted octanol–water partition coefficient (Wildman–Crippen LogP) is 7.44. The molecule has 4 rings (SSSR count). The molecule has 4 nitrogen and oxygen atoms in total. The van der Waals surface area contributed by atoms with Crippen molar-refractivity contribution >= 4 is 18.5 Å². The summed E-state index contributed by atoms with van der Waals surface area (Å²) in [6.45, 7) is 0. The van der Waals surface area contributed by atoms with Crippen LogP contribution in [0.25, 0.3) is 22.0 Å². The van der Waals surface area contributed by atoms with Gasteiger partial charge in [0.05, 0.1) is 5.52 Å². The zero-order valence-corrected chi connectivity index (χ0v) is 20.7. The zero-order valence-electron chi connectivity index (χ0n) is 19.8. The van der Waals surface area contributed by atoms with Gasteiger partial charge in [-0.1, -0.05) is 68.9 Å². The third-order valence-electron chi connectivity index (χ3n) is 7.16. The number of aryl methyl sites for hydroxylation is 2. The largest absolute Gasteiger partial charge is 0.325 e. The molecule has 1 aliphatic rings. The molecule has 1 heterocycles. The molecular weight excluding hydrogens is 448 g/mol. The van der Waals surface area contributed by atoms with Crippen LogP contribution < -0.4 is 0 Å². The first-order chi connectivity index (χ1) is 16.4. The standard InChI is InChI=1S/C28H35FNO3P/c29-27-20-24(15-14-22(27)13-12-21-8-3-1-4-9-21)25-17-16-23(28-26(25)11-7-18-30-28)10-5-2-6-19-34(31,32)33/h7,11,14-18,20-21H,1-6,8-10,12-13,19H2,(H2,31,32,33). The second-order valence-electron chi connectivity index (χ2n) is 9.72. The third kappa shape index (κ3) is 6.75. The number of hydrogen-bond acceptors (Lipinski definition) is 2. The van der Waals surface area contributed by atoms with Gasteiger partial charge in [0.15, 0.2) is 0 Å². The number of halogens is 1. The highest BCUT2D eigenvalue weighted by Crippen LogP contribution is 2.36.